The standard InChI is InChI=1S/C11H20N6O2/c1-4-6-13-9-14-10(16-11(15-9)19-3)17(5-2)7-8(12)18/h4-7H2,1-3H3,(H2,12,18)(H,13,14,15,16). The number of hydrogen-bond acceptors (Lipinski definition) is 7. The summed E-state index contributed by atoms with van der Waals surface area (Å²) in [6.45, 7) is 5.28. The molecule has 0 saturated carbocycles. The summed E-state index contributed by atoms with van der Waals surface area (Å²) in [5, 5.41) is 3.06. The number of methoxy groups -OCH3 is 1. The molecule has 0 unspecified atom stereocenters. The number of carbonyl (C=O) groups is 1. The van der Waals surface area contributed by atoms with Crippen molar-refractivity contribution in [2.75, 3.05) is 37.0 Å². The molecule has 0 aliphatic heterocycles. The molecule has 0 bridgehead atoms. The van der Waals surface area contributed by atoms with Crippen LogP contribution in [0.15, 0.2) is 0 Å². The summed E-state index contributed by atoms with van der Waals surface area (Å²) < 4.78 is 5.03. The van der Waals surface area contributed by atoms with E-state index in [0.29, 0.717) is 18.4 Å². The molecule has 106 valence electrons. The number of rotatable bonds is 8. The van der Waals surface area contributed by atoms with Gasteiger partial charge in [-0.3, -0.25) is 4.79 Å². The summed E-state index contributed by atoms with van der Waals surface area (Å²) in [6, 6.07) is 0.200. The first kappa shape index (κ1) is 14.9. The highest BCUT2D eigenvalue weighted by molar-refractivity contribution is 5.78. The second kappa shape index (κ2) is 7.34. The van der Waals surface area contributed by atoms with Crippen molar-refractivity contribution in [1.29, 1.82) is 0 Å². The van der Waals surface area contributed by atoms with Crippen molar-refractivity contribution >= 4 is 17.8 Å². The van der Waals surface area contributed by atoms with E-state index in [1.165, 1.54) is 7.11 Å². The number of primary amides is 1. The second-order valence-corrected chi connectivity index (χ2v) is 3.85. The minimum atomic E-state index is -0.440. The summed E-state index contributed by atoms with van der Waals surface area (Å²) in [7, 11) is 1.48. The molecule has 8 nitrogen and oxygen atoms in total. The van der Waals surface area contributed by atoms with Crippen molar-refractivity contribution in [3.63, 3.8) is 0 Å². The molecule has 0 fully saturated rings. The Morgan fingerprint density at radius 2 is 2.11 bits per heavy atom. The fourth-order valence-corrected chi connectivity index (χ4v) is 1.41. The van der Waals surface area contributed by atoms with Crippen molar-refractivity contribution < 1.29 is 9.53 Å². The highest BCUT2D eigenvalue weighted by Gasteiger charge is 2.14. The molecule has 0 radical (unpaired) electrons. The van der Waals surface area contributed by atoms with Crippen molar-refractivity contribution in [3.8, 4) is 6.01 Å². The van der Waals surface area contributed by atoms with Crippen LogP contribution >= 0.6 is 0 Å². The Morgan fingerprint density at radius 1 is 1.37 bits per heavy atom. The first-order valence-corrected chi connectivity index (χ1v) is 6.17. The molecule has 1 heterocycles. The Balaban J connectivity index is 2.99. The molecule has 0 aliphatic rings. The number of nitrogens with two attached hydrogens (primary N) is 1. The molecule has 0 saturated heterocycles. The predicted octanol–water partition coefficient (Wildman–Crippen LogP) is 0.0137. The number of hydrogen-bond donors (Lipinski definition) is 2. The minimum Gasteiger partial charge on any atom is -0.467 e. The molecular weight excluding hydrogens is 248 g/mol. The van der Waals surface area contributed by atoms with E-state index in [1.807, 2.05) is 13.8 Å². The number of amides is 1. The Bertz CT molecular complexity index is 426. The summed E-state index contributed by atoms with van der Waals surface area (Å²) in [6.07, 6.45) is 0.947. The highest BCUT2D eigenvalue weighted by Crippen LogP contribution is 2.14. The first-order valence-electron chi connectivity index (χ1n) is 6.17. The quantitative estimate of drug-likeness (QED) is 0.684. The van der Waals surface area contributed by atoms with Crippen LogP contribution in [0.4, 0.5) is 11.9 Å². The van der Waals surface area contributed by atoms with Crippen LogP contribution in [0.25, 0.3) is 0 Å². The lowest BCUT2D eigenvalue weighted by atomic mass is 10.5. The number of likely N-dealkylation sites (N-methyl/N-ethyl adjacent to an activating group) is 1. The zero-order valence-electron chi connectivity index (χ0n) is 11.5. The van der Waals surface area contributed by atoms with E-state index in [0.717, 1.165) is 13.0 Å². The molecule has 0 aliphatic carbocycles. The minimum absolute atomic E-state index is 0.0525. The van der Waals surface area contributed by atoms with Crippen molar-refractivity contribution in [3.05, 3.63) is 0 Å². The number of carbonyl (C=O) groups excluding carboxylic acids is 1. The topological polar surface area (TPSA) is 106 Å². The second-order valence-electron chi connectivity index (χ2n) is 3.85. The maximum absolute atomic E-state index is 11.0. The largest absolute Gasteiger partial charge is 0.467 e. The van der Waals surface area contributed by atoms with E-state index in [-0.39, 0.29) is 12.6 Å². The zero-order valence-corrected chi connectivity index (χ0v) is 11.5. The van der Waals surface area contributed by atoms with Gasteiger partial charge in [0, 0.05) is 13.1 Å². The molecule has 0 atom stereocenters. The van der Waals surface area contributed by atoms with Gasteiger partial charge in [0.25, 0.3) is 0 Å². The van der Waals surface area contributed by atoms with Gasteiger partial charge in [0.15, 0.2) is 0 Å². The van der Waals surface area contributed by atoms with Crippen molar-refractivity contribution in [2.45, 2.75) is 20.3 Å². The van der Waals surface area contributed by atoms with Crippen LogP contribution in [0.5, 0.6) is 6.01 Å². The Morgan fingerprint density at radius 3 is 2.63 bits per heavy atom. The van der Waals surface area contributed by atoms with Crippen molar-refractivity contribution in [2.24, 2.45) is 5.73 Å². The van der Waals surface area contributed by atoms with Crippen LogP contribution < -0.4 is 20.7 Å². The van der Waals surface area contributed by atoms with Crippen LogP contribution in [0, 0.1) is 0 Å². The van der Waals surface area contributed by atoms with Crippen molar-refractivity contribution in [1.82, 2.24) is 15.0 Å². The number of nitrogens with zero attached hydrogens (tertiary/aromatic N) is 4. The molecule has 8 heteroatoms. The van der Waals surface area contributed by atoms with Gasteiger partial charge in [-0.05, 0) is 13.3 Å². The fourth-order valence-electron chi connectivity index (χ4n) is 1.41. The first-order chi connectivity index (χ1) is 9.10. The van der Waals surface area contributed by atoms with Crippen LogP contribution in [0.3, 0.4) is 0 Å². The summed E-state index contributed by atoms with van der Waals surface area (Å²) in [5.41, 5.74) is 5.20. The average molecular weight is 268 g/mol. The van der Waals surface area contributed by atoms with E-state index >= 15 is 0 Å². The Kier molecular flexibility index (Phi) is 5.77. The Labute approximate surface area is 112 Å². The third-order valence-corrected chi connectivity index (χ3v) is 2.33. The van der Waals surface area contributed by atoms with E-state index in [2.05, 4.69) is 20.3 Å². The summed E-state index contributed by atoms with van der Waals surface area (Å²) >= 11 is 0. The van der Waals surface area contributed by atoms with Gasteiger partial charge in [-0.2, -0.15) is 15.0 Å². The molecular formula is C11H20N6O2. The van der Waals surface area contributed by atoms with E-state index < -0.39 is 5.91 Å². The van der Waals surface area contributed by atoms with Gasteiger partial charge in [-0.1, -0.05) is 6.92 Å². The molecule has 1 rings (SSSR count). The maximum Gasteiger partial charge on any atom is 0.322 e. The maximum atomic E-state index is 11.0. The zero-order chi connectivity index (χ0) is 14.3. The lowest BCUT2D eigenvalue weighted by Crippen LogP contribution is -2.35. The third-order valence-electron chi connectivity index (χ3n) is 2.33. The molecule has 0 aromatic carbocycles. The lowest BCUT2D eigenvalue weighted by Gasteiger charge is -2.19. The van der Waals surface area contributed by atoms with Gasteiger partial charge in [0.2, 0.25) is 17.8 Å². The molecule has 1 aromatic heterocycles. The summed E-state index contributed by atoms with van der Waals surface area (Å²) in [4.78, 5) is 25.1. The van der Waals surface area contributed by atoms with Gasteiger partial charge in [0.05, 0.1) is 13.7 Å². The number of ether oxygens (including phenoxy) is 1. The lowest BCUT2D eigenvalue weighted by molar-refractivity contribution is -0.116. The van der Waals surface area contributed by atoms with E-state index in [9.17, 15) is 4.79 Å². The van der Waals surface area contributed by atoms with Crippen LogP contribution in [-0.2, 0) is 4.79 Å². The Hall–Kier alpha value is -2.12. The van der Waals surface area contributed by atoms with Crippen LogP contribution in [0.1, 0.15) is 20.3 Å². The average Bonchev–Trinajstić information content (AvgIpc) is 2.41. The van der Waals surface area contributed by atoms with E-state index in [1.54, 1.807) is 4.90 Å². The van der Waals surface area contributed by atoms with E-state index in [4.69, 9.17) is 10.5 Å². The normalized spacial score (nSPS) is 10.1. The predicted molar refractivity (Wildman–Crippen MR) is 72.2 cm³/mol. The van der Waals surface area contributed by atoms with Crippen LogP contribution in [0.2, 0.25) is 0 Å². The number of nitrogens with one attached hydrogen (secondary N) is 1. The molecule has 0 spiro atoms. The van der Waals surface area contributed by atoms with Gasteiger partial charge in [0.1, 0.15) is 0 Å². The highest BCUT2D eigenvalue weighted by atomic mass is 16.5. The smallest absolute Gasteiger partial charge is 0.322 e. The van der Waals surface area contributed by atoms with Gasteiger partial charge in [-0.15, -0.1) is 0 Å². The molecule has 1 aromatic rings. The SMILES string of the molecule is CCCNc1nc(OC)nc(N(CC)CC(N)=O)n1. The molecule has 1 amide bonds. The van der Waals surface area contributed by atoms with Gasteiger partial charge in [-0.25, -0.2) is 0 Å². The van der Waals surface area contributed by atoms with Gasteiger partial charge < -0.3 is 20.7 Å². The molecule has 19 heavy (non-hydrogen) atoms. The summed E-state index contributed by atoms with van der Waals surface area (Å²) in [5.74, 6) is 0.350. The molecule has 3 N–H and O–H groups in total. The fraction of sp³-hybridized carbons (Fsp3) is 0.636. The third kappa shape index (κ3) is 4.57. The van der Waals surface area contributed by atoms with Gasteiger partial charge >= 0.3 is 6.01 Å². The van der Waals surface area contributed by atoms with Crippen LogP contribution in [-0.4, -0.2) is 47.6 Å². The number of aromatic nitrogens is 3. The number of anilines is 2. The monoisotopic (exact) mass is 268 g/mol.